The van der Waals surface area contributed by atoms with E-state index in [2.05, 4.69) is 17.4 Å². The molecule has 1 N–H and O–H groups in total. The maximum absolute atomic E-state index is 12.5. The summed E-state index contributed by atoms with van der Waals surface area (Å²) >= 11 is 1.39. The molecule has 0 bridgehead atoms. The molecule has 2 aromatic rings. The number of nitrogens with zero attached hydrogens (tertiary/aromatic N) is 1. The first-order chi connectivity index (χ1) is 13.5. The molecule has 0 unspecified atom stereocenters. The molecule has 1 aliphatic carbocycles. The lowest BCUT2D eigenvalue weighted by Crippen LogP contribution is -2.31. The van der Waals surface area contributed by atoms with Crippen LogP contribution in [-0.2, 0) is 4.79 Å². The van der Waals surface area contributed by atoms with Crippen molar-refractivity contribution in [3.05, 3.63) is 57.8 Å². The number of nitrogens with one attached hydrogen (secondary N) is 1. The van der Waals surface area contributed by atoms with E-state index in [9.17, 15) is 14.4 Å². The van der Waals surface area contributed by atoms with Crippen molar-refractivity contribution in [3.63, 3.8) is 0 Å². The summed E-state index contributed by atoms with van der Waals surface area (Å²) in [6, 6.07) is 11.5. The summed E-state index contributed by atoms with van der Waals surface area (Å²) in [6.07, 6.45) is 3.59. The molecular formula is C22H26N2O3S. The van der Waals surface area contributed by atoms with E-state index in [0.717, 1.165) is 0 Å². The Labute approximate surface area is 169 Å². The minimum Gasteiger partial charge on any atom is -0.356 e. The summed E-state index contributed by atoms with van der Waals surface area (Å²) in [4.78, 5) is 38.6. The topological polar surface area (TPSA) is 66.5 Å². The van der Waals surface area contributed by atoms with Gasteiger partial charge in [-0.3, -0.25) is 14.4 Å². The van der Waals surface area contributed by atoms with E-state index in [1.165, 1.54) is 29.7 Å². The van der Waals surface area contributed by atoms with E-state index in [0.29, 0.717) is 35.9 Å². The number of ketones is 1. The van der Waals surface area contributed by atoms with Crippen LogP contribution >= 0.6 is 11.3 Å². The van der Waals surface area contributed by atoms with Crippen molar-refractivity contribution in [2.45, 2.75) is 38.0 Å². The second-order valence-corrected chi connectivity index (χ2v) is 8.17. The van der Waals surface area contributed by atoms with Crippen LogP contribution in [0, 0.1) is 0 Å². The van der Waals surface area contributed by atoms with Crippen molar-refractivity contribution in [1.29, 1.82) is 0 Å². The van der Waals surface area contributed by atoms with Gasteiger partial charge < -0.3 is 10.2 Å². The van der Waals surface area contributed by atoms with Gasteiger partial charge in [-0.2, -0.15) is 0 Å². The molecule has 28 heavy (non-hydrogen) atoms. The van der Waals surface area contributed by atoms with Crippen LogP contribution in [0.5, 0.6) is 0 Å². The van der Waals surface area contributed by atoms with Gasteiger partial charge in [0.2, 0.25) is 5.91 Å². The van der Waals surface area contributed by atoms with Gasteiger partial charge in [0.15, 0.2) is 5.78 Å². The average molecular weight is 399 g/mol. The Morgan fingerprint density at radius 2 is 1.86 bits per heavy atom. The fourth-order valence-corrected chi connectivity index (χ4v) is 3.75. The second kappa shape index (κ2) is 9.64. The quantitative estimate of drug-likeness (QED) is 0.488. The lowest BCUT2D eigenvalue weighted by Gasteiger charge is -2.17. The van der Waals surface area contributed by atoms with Crippen LogP contribution in [0.15, 0.2) is 41.8 Å². The molecule has 1 aliphatic rings. The molecule has 0 spiro atoms. The molecule has 6 heteroatoms. The molecule has 1 heterocycles. The highest BCUT2D eigenvalue weighted by Gasteiger charge is 2.23. The molecular weight excluding hydrogens is 372 g/mol. The first-order valence-corrected chi connectivity index (χ1v) is 10.6. The smallest absolute Gasteiger partial charge is 0.253 e. The van der Waals surface area contributed by atoms with Crippen molar-refractivity contribution in [2.75, 3.05) is 20.1 Å². The third kappa shape index (κ3) is 5.76. The fourth-order valence-electron chi connectivity index (χ4n) is 3.06. The highest BCUT2D eigenvalue weighted by molar-refractivity contribution is 7.12. The third-order valence-electron chi connectivity index (χ3n) is 4.92. The zero-order valence-corrected chi connectivity index (χ0v) is 17.0. The van der Waals surface area contributed by atoms with E-state index < -0.39 is 0 Å². The van der Waals surface area contributed by atoms with Gasteiger partial charge in [0, 0.05) is 38.5 Å². The van der Waals surface area contributed by atoms with Gasteiger partial charge >= 0.3 is 0 Å². The van der Waals surface area contributed by atoms with E-state index in [1.807, 2.05) is 23.6 Å². The minimum atomic E-state index is -0.130. The van der Waals surface area contributed by atoms with Crippen LogP contribution in [0.4, 0.5) is 0 Å². The van der Waals surface area contributed by atoms with Gasteiger partial charge in [-0.1, -0.05) is 18.2 Å². The average Bonchev–Trinajstić information content (AvgIpc) is 3.42. The molecule has 3 rings (SSSR count). The molecule has 0 atom stereocenters. The Balaban J connectivity index is 1.32. The van der Waals surface area contributed by atoms with Crippen LogP contribution in [0.1, 0.15) is 63.6 Å². The van der Waals surface area contributed by atoms with Gasteiger partial charge in [0.05, 0.1) is 4.88 Å². The summed E-state index contributed by atoms with van der Waals surface area (Å²) in [5.41, 5.74) is 2.02. The fraction of sp³-hybridized carbons (Fsp3) is 0.409. The number of carbonyl (C=O) groups excluding carboxylic acids is 3. The van der Waals surface area contributed by atoms with Crippen LogP contribution in [0.2, 0.25) is 0 Å². The van der Waals surface area contributed by atoms with Crippen LogP contribution in [0.3, 0.4) is 0 Å². The molecule has 1 aromatic heterocycles. The maximum atomic E-state index is 12.5. The van der Waals surface area contributed by atoms with Crippen LogP contribution in [0.25, 0.3) is 0 Å². The summed E-state index contributed by atoms with van der Waals surface area (Å²) in [5.74, 6) is 0.555. The lowest BCUT2D eigenvalue weighted by molar-refractivity contribution is -0.121. The van der Waals surface area contributed by atoms with E-state index in [1.54, 1.807) is 18.0 Å². The number of carbonyl (C=O) groups is 3. The van der Waals surface area contributed by atoms with Crippen molar-refractivity contribution >= 4 is 28.9 Å². The SMILES string of the molecule is CN(CCCNC(=O)CCC(=O)c1cccs1)C(=O)c1ccc(C2CC2)cc1. The molecule has 2 amide bonds. The Morgan fingerprint density at radius 3 is 2.50 bits per heavy atom. The summed E-state index contributed by atoms with van der Waals surface area (Å²) in [7, 11) is 1.78. The van der Waals surface area contributed by atoms with Gasteiger partial charge in [0.1, 0.15) is 0 Å². The normalized spacial score (nSPS) is 13.2. The maximum Gasteiger partial charge on any atom is 0.253 e. The molecule has 1 fully saturated rings. The molecule has 1 saturated carbocycles. The summed E-state index contributed by atoms with van der Waals surface area (Å²) in [5, 5.41) is 4.67. The van der Waals surface area contributed by atoms with Crippen molar-refractivity contribution in [2.24, 2.45) is 0 Å². The monoisotopic (exact) mass is 398 g/mol. The Morgan fingerprint density at radius 1 is 1.11 bits per heavy atom. The minimum absolute atomic E-state index is 0.00295. The zero-order valence-electron chi connectivity index (χ0n) is 16.1. The number of hydrogen-bond acceptors (Lipinski definition) is 4. The van der Waals surface area contributed by atoms with E-state index in [-0.39, 0.29) is 30.4 Å². The predicted molar refractivity (Wildman–Crippen MR) is 111 cm³/mol. The standard InChI is InChI=1S/C22H26N2O3S/c1-24(22(27)18-9-7-17(8-10-18)16-5-6-16)14-3-13-23-21(26)12-11-19(25)20-4-2-15-28-20/h2,4,7-10,15-16H,3,5-6,11-14H2,1H3,(H,23,26). The number of benzene rings is 1. The predicted octanol–water partition coefficient (Wildman–Crippen LogP) is 3.87. The van der Waals surface area contributed by atoms with Crippen LogP contribution in [-0.4, -0.2) is 42.6 Å². The molecule has 0 radical (unpaired) electrons. The molecule has 5 nitrogen and oxygen atoms in total. The highest BCUT2D eigenvalue weighted by atomic mass is 32.1. The molecule has 0 saturated heterocycles. The van der Waals surface area contributed by atoms with E-state index >= 15 is 0 Å². The number of thiophene rings is 1. The van der Waals surface area contributed by atoms with Gasteiger partial charge in [-0.05, 0) is 54.3 Å². The number of hydrogen-bond donors (Lipinski definition) is 1. The molecule has 148 valence electrons. The van der Waals surface area contributed by atoms with Crippen LogP contribution < -0.4 is 5.32 Å². The Kier molecular flexibility index (Phi) is 6.98. The van der Waals surface area contributed by atoms with E-state index in [4.69, 9.17) is 0 Å². The zero-order chi connectivity index (χ0) is 19.9. The largest absolute Gasteiger partial charge is 0.356 e. The van der Waals surface area contributed by atoms with Crippen molar-refractivity contribution in [3.8, 4) is 0 Å². The van der Waals surface area contributed by atoms with Gasteiger partial charge in [-0.15, -0.1) is 11.3 Å². The number of Topliss-reactive ketones (excluding diaryl/α,β-unsaturated/α-hetero) is 1. The van der Waals surface area contributed by atoms with Crippen molar-refractivity contribution < 1.29 is 14.4 Å². The van der Waals surface area contributed by atoms with Crippen molar-refractivity contribution in [1.82, 2.24) is 10.2 Å². The Hall–Kier alpha value is -2.47. The first kappa shape index (κ1) is 20.3. The number of amides is 2. The lowest BCUT2D eigenvalue weighted by atomic mass is 10.1. The van der Waals surface area contributed by atoms with Gasteiger partial charge in [-0.25, -0.2) is 0 Å². The molecule has 1 aromatic carbocycles. The number of rotatable bonds is 10. The Bertz CT molecular complexity index is 811. The summed E-state index contributed by atoms with van der Waals surface area (Å²) < 4.78 is 0. The highest BCUT2D eigenvalue weighted by Crippen LogP contribution is 2.39. The first-order valence-electron chi connectivity index (χ1n) is 9.73. The summed E-state index contributed by atoms with van der Waals surface area (Å²) in [6.45, 7) is 1.06. The third-order valence-corrected chi connectivity index (χ3v) is 5.83. The molecule has 0 aliphatic heterocycles. The second-order valence-electron chi connectivity index (χ2n) is 7.23. The van der Waals surface area contributed by atoms with Gasteiger partial charge in [0.25, 0.3) is 5.91 Å².